The van der Waals surface area contributed by atoms with Crippen LogP contribution in [0.1, 0.15) is 126 Å². The van der Waals surface area contributed by atoms with E-state index in [4.69, 9.17) is 5.11 Å². The standard InChI is InChI=1S/C28H42Br2O3/c1-2-3-4-5-6-7-8-9-10-11-12-13-14-15-16-17-18-23-19-21-24(22-20-23)27(31)25(29)26(30)28(32)33/h19-22H,2-18H2,1H3,(H,32,33)/b26-25-. The topological polar surface area (TPSA) is 54.4 Å². The van der Waals surface area contributed by atoms with Crippen molar-refractivity contribution in [3.05, 3.63) is 44.4 Å². The predicted molar refractivity (Wildman–Crippen MR) is 147 cm³/mol. The molecule has 1 N–H and O–H groups in total. The lowest BCUT2D eigenvalue weighted by Gasteiger charge is -2.05. The summed E-state index contributed by atoms with van der Waals surface area (Å²) in [7, 11) is 0. The van der Waals surface area contributed by atoms with Crippen LogP contribution in [-0.4, -0.2) is 16.9 Å². The first-order valence-electron chi connectivity index (χ1n) is 12.9. The molecule has 0 unspecified atom stereocenters. The minimum atomic E-state index is -1.17. The molecular formula is C28H42Br2O3. The Bertz CT molecular complexity index is 710. The van der Waals surface area contributed by atoms with Crippen molar-refractivity contribution in [2.24, 2.45) is 0 Å². The Morgan fingerprint density at radius 2 is 1.03 bits per heavy atom. The van der Waals surface area contributed by atoms with E-state index in [1.165, 1.54) is 108 Å². The molecule has 0 atom stereocenters. The predicted octanol–water partition coefficient (Wildman–Crippen LogP) is 9.76. The highest BCUT2D eigenvalue weighted by molar-refractivity contribution is 9.14. The fourth-order valence-electron chi connectivity index (χ4n) is 4.02. The molecule has 5 heteroatoms. The van der Waals surface area contributed by atoms with E-state index < -0.39 is 5.97 Å². The van der Waals surface area contributed by atoms with E-state index in [1.807, 2.05) is 12.1 Å². The third-order valence-electron chi connectivity index (χ3n) is 6.11. The van der Waals surface area contributed by atoms with Crippen LogP contribution >= 0.6 is 31.9 Å². The Balaban J connectivity index is 2.03. The van der Waals surface area contributed by atoms with Crippen molar-refractivity contribution in [1.82, 2.24) is 0 Å². The van der Waals surface area contributed by atoms with Gasteiger partial charge in [-0.3, -0.25) is 4.79 Å². The molecule has 1 aromatic carbocycles. The smallest absolute Gasteiger partial charge is 0.344 e. The number of benzene rings is 1. The lowest BCUT2D eigenvalue weighted by molar-refractivity contribution is -0.131. The molecule has 0 aromatic heterocycles. The molecule has 0 spiro atoms. The van der Waals surface area contributed by atoms with Crippen LogP contribution < -0.4 is 0 Å². The van der Waals surface area contributed by atoms with E-state index in [0.717, 1.165) is 6.42 Å². The van der Waals surface area contributed by atoms with E-state index >= 15 is 0 Å². The highest BCUT2D eigenvalue weighted by Crippen LogP contribution is 2.23. The van der Waals surface area contributed by atoms with E-state index in [0.29, 0.717) is 5.56 Å². The molecular weight excluding hydrogens is 544 g/mol. The number of halogens is 2. The third-order valence-corrected chi connectivity index (χ3v) is 8.14. The van der Waals surface area contributed by atoms with Crippen LogP contribution in [0.2, 0.25) is 0 Å². The molecule has 33 heavy (non-hydrogen) atoms. The molecule has 0 aliphatic rings. The lowest BCUT2D eigenvalue weighted by Crippen LogP contribution is -2.05. The summed E-state index contributed by atoms with van der Waals surface area (Å²) >= 11 is 5.99. The highest BCUT2D eigenvalue weighted by Gasteiger charge is 2.17. The summed E-state index contributed by atoms with van der Waals surface area (Å²) in [6.07, 6.45) is 22.9. The average molecular weight is 586 g/mol. The van der Waals surface area contributed by atoms with Gasteiger partial charge in [0.25, 0.3) is 0 Å². The van der Waals surface area contributed by atoms with Crippen molar-refractivity contribution in [1.29, 1.82) is 0 Å². The first-order chi connectivity index (χ1) is 16.0. The summed E-state index contributed by atoms with van der Waals surface area (Å²) in [5.74, 6) is -1.51. The molecule has 3 nitrogen and oxygen atoms in total. The zero-order valence-corrected chi connectivity index (χ0v) is 23.5. The van der Waals surface area contributed by atoms with Gasteiger partial charge in [-0.15, -0.1) is 0 Å². The van der Waals surface area contributed by atoms with Gasteiger partial charge in [-0.05, 0) is 50.3 Å². The molecule has 0 bridgehead atoms. The number of ketones is 1. The fraction of sp³-hybridized carbons (Fsp3) is 0.643. The SMILES string of the molecule is CCCCCCCCCCCCCCCCCCc1ccc(C(=O)/C(Br)=C(/Br)C(=O)O)cc1. The van der Waals surface area contributed by atoms with Crippen LogP contribution in [0.4, 0.5) is 0 Å². The van der Waals surface area contributed by atoms with Gasteiger partial charge in [-0.25, -0.2) is 4.79 Å². The molecule has 0 radical (unpaired) electrons. The minimum Gasteiger partial charge on any atom is -0.477 e. The maximum atomic E-state index is 12.3. The Morgan fingerprint density at radius 3 is 1.42 bits per heavy atom. The van der Waals surface area contributed by atoms with Crippen molar-refractivity contribution in [3.63, 3.8) is 0 Å². The van der Waals surface area contributed by atoms with E-state index in [9.17, 15) is 9.59 Å². The zero-order chi connectivity index (χ0) is 24.3. The van der Waals surface area contributed by atoms with Crippen LogP contribution in [0.15, 0.2) is 33.2 Å². The van der Waals surface area contributed by atoms with E-state index in [-0.39, 0.29) is 14.7 Å². The zero-order valence-electron chi connectivity index (χ0n) is 20.3. The number of aryl methyl sites for hydroxylation is 1. The minimum absolute atomic E-state index is 0.0283. The second kappa shape index (κ2) is 19.4. The monoisotopic (exact) mass is 584 g/mol. The number of carboxylic acid groups (broad SMARTS) is 1. The Labute approximate surface area is 218 Å². The number of unbranched alkanes of at least 4 members (excludes halogenated alkanes) is 15. The van der Waals surface area contributed by atoms with Gasteiger partial charge in [0.1, 0.15) is 4.48 Å². The van der Waals surface area contributed by atoms with Gasteiger partial charge in [-0.1, -0.05) is 128 Å². The quantitative estimate of drug-likeness (QED) is 0.0940. The van der Waals surface area contributed by atoms with Crippen molar-refractivity contribution in [2.45, 2.75) is 116 Å². The van der Waals surface area contributed by atoms with Gasteiger partial charge in [-0.2, -0.15) is 0 Å². The molecule has 0 saturated heterocycles. The Hall–Kier alpha value is -0.940. The van der Waals surface area contributed by atoms with Crippen LogP contribution in [0.25, 0.3) is 0 Å². The number of carbonyl (C=O) groups excluding carboxylic acids is 1. The first-order valence-corrected chi connectivity index (χ1v) is 14.5. The lowest BCUT2D eigenvalue weighted by atomic mass is 10.0. The number of aliphatic carboxylic acids is 1. The van der Waals surface area contributed by atoms with Gasteiger partial charge in [0.2, 0.25) is 5.78 Å². The number of allylic oxidation sites excluding steroid dienone is 1. The van der Waals surface area contributed by atoms with Gasteiger partial charge in [0.05, 0.1) is 4.48 Å². The third kappa shape index (κ3) is 14.1. The number of carbonyl (C=O) groups is 2. The van der Waals surface area contributed by atoms with Crippen LogP contribution in [0, 0.1) is 0 Å². The molecule has 1 rings (SSSR count). The van der Waals surface area contributed by atoms with Gasteiger partial charge < -0.3 is 5.11 Å². The normalized spacial score (nSPS) is 12.0. The number of hydrogen-bond acceptors (Lipinski definition) is 2. The molecule has 0 heterocycles. The fourth-order valence-corrected chi connectivity index (χ4v) is 4.60. The maximum absolute atomic E-state index is 12.3. The summed E-state index contributed by atoms with van der Waals surface area (Å²) in [5, 5.41) is 8.97. The van der Waals surface area contributed by atoms with Crippen molar-refractivity contribution in [2.75, 3.05) is 0 Å². The molecule has 1 aromatic rings. The molecule has 0 fully saturated rings. The molecule has 0 aliphatic carbocycles. The van der Waals surface area contributed by atoms with E-state index in [2.05, 4.69) is 38.8 Å². The Morgan fingerprint density at radius 1 is 0.636 bits per heavy atom. The maximum Gasteiger partial charge on any atom is 0.344 e. The molecule has 0 aliphatic heterocycles. The molecule has 0 saturated carbocycles. The highest BCUT2D eigenvalue weighted by atomic mass is 79.9. The van der Waals surface area contributed by atoms with Gasteiger partial charge >= 0.3 is 5.97 Å². The van der Waals surface area contributed by atoms with Crippen LogP contribution in [-0.2, 0) is 11.2 Å². The second-order valence-corrected chi connectivity index (χ2v) is 10.6. The van der Waals surface area contributed by atoms with Crippen molar-refractivity contribution in [3.8, 4) is 0 Å². The Kier molecular flexibility index (Phi) is 17.7. The van der Waals surface area contributed by atoms with Gasteiger partial charge in [0, 0.05) is 5.56 Å². The largest absolute Gasteiger partial charge is 0.477 e. The van der Waals surface area contributed by atoms with Crippen LogP contribution in [0.3, 0.4) is 0 Å². The summed E-state index contributed by atoms with van der Waals surface area (Å²) in [6.45, 7) is 2.28. The second-order valence-electron chi connectivity index (χ2n) is 9.01. The van der Waals surface area contributed by atoms with Crippen LogP contribution in [0.5, 0.6) is 0 Å². The number of carboxylic acids is 1. The van der Waals surface area contributed by atoms with Crippen molar-refractivity contribution >= 4 is 43.6 Å². The summed E-state index contributed by atoms with van der Waals surface area (Å²) in [5.41, 5.74) is 1.70. The summed E-state index contributed by atoms with van der Waals surface area (Å²) in [6, 6.07) is 7.47. The summed E-state index contributed by atoms with van der Waals surface area (Å²) in [4.78, 5) is 23.3. The van der Waals surface area contributed by atoms with E-state index in [1.54, 1.807) is 12.1 Å². The number of rotatable bonds is 20. The number of hydrogen-bond donors (Lipinski definition) is 1. The van der Waals surface area contributed by atoms with Crippen molar-refractivity contribution < 1.29 is 14.7 Å². The first kappa shape index (κ1) is 30.1. The van der Waals surface area contributed by atoms with Gasteiger partial charge in [0.15, 0.2) is 0 Å². The summed E-state index contributed by atoms with van der Waals surface area (Å²) < 4.78 is -0.134. The average Bonchev–Trinajstić information content (AvgIpc) is 2.82. The molecule has 186 valence electrons. The molecule has 0 amide bonds. The number of Topliss-reactive ketones (excluding diaryl/α,β-unsaturated/α-hetero) is 1.